The van der Waals surface area contributed by atoms with E-state index in [-0.39, 0.29) is 0 Å². The molecule has 1 aromatic heterocycles. The molecular formula is C22H18N2O5S. The predicted octanol–water partition coefficient (Wildman–Crippen LogP) is 2.90. The van der Waals surface area contributed by atoms with Gasteiger partial charge in [-0.15, -0.1) is 11.8 Å². The Morgan fingerprint density at radius 2 is 1.20 bits per heavy atom. The molecule has 0 saturated carbocycles. The van der Waals surface area contributed by atoms with Crippen LogP contribution in [0.3, 0.4) is 0 Å². The molecule has 0 amide bonds. The average molecular weight is 422 g/mol. The van der Waals surface area contributed by atoms with Gasteiger partial charge in [0.25, 0.3) is 0 Å². The van der Waals surface area contributed by atoms with E-state index in [1.165, 1.54) is 26.0 Å². The summed E-state index contributed by atoms with van der Waals surface area (Å²) in [4.78, 5) is 26.4. The van der Waals surface area contributed by atoms with Crippen molar-refractivity contribution in [2.75, 3.05) is 14.2 Å². The van der Waals surface area contributed by atoms with Crippen molar-refractivity contribution in [1.29, 1.82) is 0 Å². The lowest BCUT2D eigenvalue weighted by Gasteiger charge is -2.36. The molecule has 0 N–H and O–H groups in total. The lowest BCUT2D eigenvalue weighted by molar-refractivity contribution is -0.159. The van der Waals surface area contributed by atoms with Gasteiger partial charge in [-0.2, -0.15) is 0 Å². The number of esters is 2. The molecule has 30 heavy (non-hydrogen) atoms. The van der Waals surface area contributed by atoms with E-state index in [0.717, 1.165) is 11.1 Å². The van der Waals surface area contributed by atoms with Crippen LogP contribution in [0.25, 0.3) is 0 Å². The van der Waals surface area contributed by atoms with E-state index in [9.17, 15) is 9.59 Å². The molecule has 3 heterocycles. The third-order valence-electron chi connectivity index (χ3n) is 6.04. The first-order valence-corrected chi connectivity index (χ1v) is 10.2. The van der Waals surface area contributed by atoms with Crippen LogP contribution in [0.4, 0.5) is 0 Å². The number of nitrogens with zero attached hydrogens (tertiary/aromatic N) is 2. The molecule has 2 aliphatic rings. The summed E-state index contributed by atoms with van der Waals surface area (Å²) in [5, 5.41) is 8.44. The highest BCUT2D eigenvalue weighted by atomic mass is 32.2. The van der Waals surface area contributed by atoms with Gasteiger partial charge < -0.3 is 9.47 Å². The molecule has 0 spiro atoms. The van der Waals surface area contributed by atoms with E-state index in [0.29, 0.717) is 11.4 Å². The van der Waals surface area contributed by atoms with Crippen molar-refractivity contribution in [3.05, 3.63) is 83.2 Å². The zero-order valence-corrected chi connectivity index (χ0v) is 17.1. The minimum Gasteiger partial charge on any atom is -0.469 e. The highest BCUT2D eigenvalue weighted by molar-refractivity contribution is 8.02. The minimum absolute atomic E-state index is 0.506. The first-order chi connectivity index (χ1) is 14.6. The molecule has 0 aliphatic carbocycles. The van der Waals surface area contributed by atoms with Crippen molar-refractivity contribution in [2.45, 2.75) is 9.49 Å². The van der Waals surface area contributed by atoms with Crippen molar-refractivity contribution in [2.24, 2.45) is 11.8 Å². The second-order valence-electron chi connectivity index (χ2n) is 7.27. The van der Waals surface area contributed by atoms with Gasteiger partial charge in [-0.1, -0.05) is 71.0 Å². The Kier molecular flexibility index (Phi) is 4.21. The van der Waals surface area contributed by atoms with Crippen molar-refractivity contribution in [3.8, 4) is 0 Å². The Hall–Kier alpha value is -3.13. The summed E-state index contributed by atoms with van der Waals surface area (Å²) in [7, 11) is 2.65. The number of aromatic nitrogens is 2. The fourth-order valence-electron chi connectivity index (χ4n) is 4.90. The number of hydrogen-bond acceptors (Lipinski definition) is 8. The van der Waals surface area contributed by atoms with E-state index < -0.39 is 33.3 Å². The largest absolute Gasteiger partial charge is 0.469 e. The maximum absolute atomic E-state index is 13.2. The topological polar surface area (TPSA) is 91.5 Å². The van der Waals surface area contributed by atoms with E-state index in [1.807, 2.05) is 60.7 Å². The van der Waals surface area contributed by atoms with Crippen LogP contribution in [0.5, 0.6) is 0 Å². The molecule has 7 nitrogen and oxygen atoms in total. The number of hydrogen-bond donors (Lipinski definition) is 0. The Balaban J connectivity index is 1.89. The maximum Gasteiger partial charge on any atom is 0.311 e. The predicted molar refractivity (Wildman–Crippen MR) is 107 cm³/mol. The SMILES string of the molecule is COC(=O)C1C(C(=O)OC)C2(c3ccccc3)SC1(c1ccccc1)c1nonc12. The Bertz CT molecular complexity index is 1030. The van der Waals surface area contributed by atoms with E-state index in [4.69, 9.17) is 14.1 Å². The van der Waals surface area contributed by atoms with Gasteiger partial charge in [-0.3, -0.25) is 9.59 Å². The summed E-state index contributed by atoms with van der Waals surface area (Å²) in [5.74, 6) is -2.76. The number of fused-ring (bicyclic) bond motifs is 5. The molecule has 5 rings (SSSR count). The van der Waals surface area contributed by atoms with Crippen LogP contribution in [0.1, 0.15) is 22.5 Å². The maximum atomic E-state index is 13.2. The second kappa shape index (κ2) is 6.70. The summed E-state index contributed by atoms with van der Waals surface area (Å²) in [5.41, 5.74) is 2.73. The van der Waals surface area contributed by atoms with Gasteiger partial charge in [0.1, 0.15) is 20.9 Å². The quantitative estimate of drug-likeness (QED) is 0.593. The Labute approximate surface area is 176 Å². The summed E-state index contributed by atoms with van der Waals surface area (Å²) in [6, 6.07) is 19.0. The number of carbonyl (C=O) groups is 2. The smallest absolute Gasteiger partial charge is 0.311 e. The van der Waals surface area contributed by atoms with Gasteiger partial charge in [0.05, 0.1) is 26.1 Å². The third kappa shape index (κ3) is 2.17. The van der Waals surface area contributed by atoms with E-state index >= 15 is 0 Å². The fourth-order valence-corrected chi connectivity index (χ4v) is 7.09. The Morgan fingerprint density at radius 3 is 1.57 bits per heavy atom. The Morgan fingerprint density at radius 1 is 0.800 bits per heavy atom. The molecule has 3 aromatic rings. The minimum atomic E-state index is -1.00. The van der Waals surface area contributed by atoms with E-state index in [2.05, 4.69) is 10.3 Å². The van der Waals surface area contributed by atoms with Crippen molar-refractivity contribution < 1.29 is 23.7 Å². The molecule has 2 aromatic carbocycles. The van der Waals surface area contributed by atoms with Crippen LogP contribution in [0, 0.1) is 11.8 Å². The third-order valence-corrected chi connectivity index (χ3v) is 8.05. The average Bonchev–Trinajstić information content (AvgIpc) is 3.48. The monoisotopic (exact) mass is 422 g/mol. The zero-order chi connectivity index (χ0) is 20.9. The molecule has 152 valence electrons. The fraction of sp³-hybridized carbons (Fsp3) is 0.273. The summed E-state index contributed by atoms with van der Waals surface area (Å²) in [6.45, 7) is 0. The van der Waals surface area contributed by atoms with Crippen LogP contribution < -0.4 is 0 Å². The van der Waals surface area contributed by atoms with Crippen LogP contribution in [-0.4, -0.2) is 36.5 Å². The number of carbonyl (C=O) groups excluding carboxylic acids is 2. The zero-order valence-electron chi connectivity index (χ0n) is 16.3. The molecular weight excluding hydrogens is 404 g/mol. The normalized spacial score (nSPS) is 28.7. The van der Waals surface area contributed by atoms with Gasteiger partial charge in [0, 0.05) is 0 Å². The van der Waals surface area contributed by atoms with E-state index in [1.54, 1.807) is 0 Å². The summed E-state index contributed by atoms with van der Waals surface area (Å²) >= 11 is 1.48. The number of rotatable bonds is 4. The summed E-state index contributed by atoms with van der Waals surface area (Å²) < 4.78 is 13.5. The molecule has 1 saturated heterocycles. The first-order valence-electron chi connectivity index (χ1n) is 9.41. The highest BCUT2D eigenvalue weighted by Gasteiger charge is 2.77. The molecule has 1 fully saturated rings. The second-order valence-corrected chi connectivity index (χ2v) is 8.76. The highest BCUT2D eigenvalue weighted by Crippen LogP contribution is 2.76. The van der Waals surface area contributed by atoms with Crippen molar-refractivity contribution >= 4 is 23.7 Å². The van der Waals surface area contributed by atoms with Gasteiger partial charge in [-0.05, 0) is 11.1 Å². The van der Waals surface area contributed by atoms with Gasteiger partial charge in [0.15, 0.2) is 0 Å². The number of thioether (sulfide) groups is 1. The number of ether oxygens (including phenoxy) is 2. The lowest BCUT2D eigenvalue weighted by atomic mass is 9.63. The van der Waals surface area contributed by atoms with Crippen LogP contribution in [-0.2, 0) is 28.6 Å². The van der Waals surface area contributed by atoms with Crippen LogP contribution >= 0.6 is 11.8 Å². The molecule has 4 unspecified atom stereocenters. The molecule has 4 atom stereocenters. The van der Waals surface area contributed by atoms with Crippen molar-refractivity contribution in [1.82, 2.24) is 10.3 Å². The van der Waals surface area contributed by atoms with Crippen LogP contribution in [0.15, 0.2) is 65.3 Å². The van der Waals surface area contributed by atoms with Gasteiger partial charge >= 0.3 is 11.9 Å². The standard InChI is InChI=1S/C22H18N2O5S/c1-27-19(25)15-16(20(26)28-2)22(14-11-7-4-8-12-14)18-17(23-29-24-18)21(15,30-22)13-9-5-3-6-10-13/h3-12,15-16H,1-2H3. The number of methoxy groups -OCH3 is 2. The van der Waals surface area contributed by atoms with Gasteiger partial charge in [0.2, 0.25) is 0 Å². The van der Waals surface area contributed by atoms with Crippen molar-refractivity contribution in [3.63, 3.8) is 0 Å². The van der Waals surface area contributed by atoms with Crippen LogP contribution in [0.2, 0.25) is 0 Å². The molecule has 8 heteroatoms. The van der Waals surface area contributed by atoms with Gasteiger partial charge in [-0.25, -0.2) is 4.63 Å². The number of benzene rings is 2. The lowest BCUT2D eigenvalue weighted by Crippen LogP contribution is -2.48. The molecule has 2 aliphatic heterocycles. The molecule has 0 radical (unpaired) electrons. The first kappa shape index (κ1) is 18.9. The molecule has 2 bridgehead atoms. The summed E-state index contributed by atoms with van der Waals surface area (Å²) in [6.07, 6.45) is 0.